The standard InChI is InChI=1S/C22H34N2O6/c1-12-5-6-15-13(2)16(27-19(26)24-10-20(3,11-24)18(23)25)9-17-22(15)14(12)7-8-21(4,28-17)29-30-22/h12-17H,5-11H2,1-4H3,(H2,23,25)/t12-,13-,14+,15+,16+,17+,21-,22-/m1/s1. The molecule has 4 saturated heterocycles. The molecule has 0 aromatic rings. The molecule has 2 N–H and O–H groups in total. The van der Waals surface area contributed by atoms with Crippen molar-refractivity contribution in [1.82, 2.24) is 4.90 Å². The number of likely N-dealkylation sites (tertiary alicyclic amines) is 1. The van der Waals surface area contributed by atoms with Gasteiger partial charge in [-0.2, -0.15) is 0 Å². The minimum Gasteiger partial charge on any atom is -0.446 e. The molecule has 4 aliphatic heterocycles. The Kier molecular flexibility index (Phi) is 4.49. The summed E-state index contributed by atoms with van der Waals surface area (Å²) >= 11 is 0. The van der Waals surface area contributed by atoms with Gasteiger partial charge in [-0.3, -0.25) is 4.79 Å². The smallest absolute Gasteiger partial charge is 0.410 e. The van der Waals surface area contributed by atoms with Crippen molar-refractivity contribution in [2.45, 2.75) is 83.4 Å². The molecule has 8 atom stereocenters. The fraction of sp³-hybridized carbons (Fsp3) is 0.909. The van der Waals surface area contributed by atoms with Crippen LogP contribution in [0, 0.1) is 29.1 Å². The Morgan fingerprint density at radius 3 is 2.50 bits per heavy atom. The number of carbonyl (C=O) groups is 2. The van der Waals surface area contributed by atoms with Crippen LogP contribution in [0.25, 0.3) is 0 Å². The van der Waals surface area contributed by atoms with Gasteiger partial charge in [-0.25, -0.2) is 14.6 Å². The first-order valence-corrected chi connectivity index (χ1v) is 11.4. The maximum Gasteiger partial charge on any atom is 0.410 e. The SMILES string of the molecule is C[C@H]1[C@@H](OC(=O)N2CC(C)(C(N)=O)C2)C[C@@H]2O[C@@]3(C)CC[C@H]4[C@H](C)CC[C@@H]1[C@@]24OO3. The summed E-state index contributed by atoms with van der Waals surface area (Å²) in [5, 5.41) is 0. The predicted molar refractivity (Wildman–Crippen MR) is 106 cm³/mol. The highest BCUT2D eigenvalue weighted by atomic mass is 17.3. The zero-order valence-corrected chi connectivity index (χ0v) is 18.4. The number of nitrogens with two attached hydrogens (primary N) is 1. The number of fused-ring (bicyclic) bond motifs is 2. The number of rotatable bonds is 2. The van der Waals surface area contributed by atoms with Crippen LogP contribution >= 0.6 is 0 Å². The highest BCUT2D eigenvalue weighted by Crippen LogP contribution is 2.61. The van der Waals surface area contributed by atoms with E-state index >= 15 is 0 Å². The van der Waals surface area contributed by atoms with E-state index in [9.17, 15) is 9.59 Å². The summed E-state index contributed by atoms with van der Waals surface area (Å²) in [7, 11) is 0. The summed E-state index contributed by atoms with van der Waals surface area (Å²) in [5.74, 6) is 0.165. The zero-order valence-electron chi connectivity index (χ0n) is 18.4. The van der Waals surface area contributed by atoms with Gasteiger partial charge in [0.15, 0.2) is 5.79 Å². The van der Waals surface area contributed by atoms with Crippen molar-refractivity contribution in [3.05, 3.63) is 0 Å². The van der Waals surface area contributed by atoms with Crippen molar-refractivity contribution in [3.63, 3.8) is 0 Å². The third-order valence-corrected chi connectivity index (χ3v) is 8.80. The second-order valence-electron chi connectivity index (χ2n) is 10.9. The maximum atomic E-state index is 12.8. The molecule has 0 aromatic heterocycles. The van der Waals surface area contributed by atoms with Gasteiger partial charge in [-0.15, -0.1) is 0 Å². The van der Waals surface area contributed by atoms with Gasteiger partial charge in [0.2, 0.25) is 5.91 Å². The molecule has 4 heterocycles. The first-order valence-electron chi connectivity index (χ1n) is 11.4. The van der Waals surface area contributed by atoms with Crippen molar-refractivity contribution in [2.75, 3.05) is 13.1 Å². The minimum absolute atomic E-state index is 0.138. The molecule has 6 fully saturated rings. The van der Waals surface area contributed by atoms with Crippen molar-refractivity contribution in [3.8, 4) is 0 Å². The molecule has 2 aliphatic carbocycles. The summed E-state index contributed by atoms with van der Waals surface area (Å²) in [4.78, 5) is 38.0. The highest BCUT2D eigenvalue weighted by Gasteiger charge is 2.68. The minimum atomic E-state index is -0.743. The normalized spacial score (nSPS) is 48.9. The Morgan fingerprint density at radius 1 is 1.07 bits per heavy atom. The van der Waals surface area contributed by atoms with Crippen LogP contribution < -0.4 is 5.73 Å². The van der Waals surface area contributed by atoms with Crippen LogP contribution in [0.15, 0.2) is 0 Å². The molecule has 8 nitrogen and oxygen atoms in total. The first-order chi connectivity index (χ1) is 14.1. The van der Waals surface area contributed by atoms with Crippen LogP contribution in [0.3, 0.4) is 0 Å². The molecule has 1 spiro atoms. The van der Waals surface area contributed by atoms with Gasteiger partial charge in [0.1, 0.15) is 11.7 Å². The van der Waals surface area contributed by atoms with Crippen molar-refractivity contribution in [2.24, 2.45) is 34.8 Å². The Balaban J connectivity index is 1.36. The van der Waals surface area contributed by atoms with Crippen molar-refractivity contribution >= 4 is 12.0 Å². The van der Waals surface area contributed by atoms with Crippen LogP contribution in [-0.4, -0.2) is 53.6 Å². The van der Waals surface area contributed by atoms with Crippen LogP contribution in [0.5, 0.6) is 0 Å². The lowest BCUT2D eigenvalue weighted by atomic mass is 9.53. The molecule has 2 saturated carbocycles. The predicted octanol–water partition coefficient (Wildman–Crippen LogP) is 2.60. The summed E-state index contributed by atoms with van der Waals surface area (Å²) in [6, 6.07) is 0. The van der Waals surface area contributed by atoms with Crippen LogP contribution in [0.1, 0.15) is 59.8 Å². The van der Waals surface area contributed by atoms with Gasteiger partial charge >= 0.3 is 6.09 Å². The van der Waals surface area contributed by atoms with E-state index in [2.05, 4.69) is 13.8 Å². The third kappa shape index (κ3) is 2.76. The molecular weight excluding hydrogens is 388 g/mol. The lowest BCUT2D eigenvalue weighted by molar-refractivity contribution is -0.540. The van der Waals surface area contributed by atoms with Gasteiger partial charge in [0.05, 0.1) is 11.5 Å². The van der Waals surface area contributed by atoms with Crippen molar-refractivity contribution < 1.29 is 28.8 Å². The molecule has 8 heteroatoms. The summed E-state index contributed by atoms with van der Waals surface area (Å²) in [6.07, 6.45) is 3.81. The Labute approximate surface area is 177 Å². The Morgan fingerprint density at radius 2 is 1.80 bits per heavy atom. The van der Waals surface area contributed by atoms with E-state index in [1.165, 1.54) is 0 Å². The lowest BCUT2D eigenvalue weighted by Crippen LogP contribution is -2.70. The average Bonchev–Trinajstić information content (AvgIpc) is 2.89. The number of ether oxygens (including phenoxy) is 2. The fourth-order valence-electron chi connectivity index (χ4n) is 6.88. The zero-order chi connectivity index (χ0) is 21.5. The van der Waals surface area contributed by atoms with Crippen LogP contribution in [-0.2, 0) is 24.0 Å². The van der Waals surface area contributed by atoms with E-state index in [1.54, 1.807) is 11.8 Å². The van der Waals surface area contributed by atoms with Crippen LogP contribution in [0.2, 0.25) is 0 Å². The van der Waals surface area contributed by atoms with E-state index in [0.717, 1.165) is 25.7 Å². The lowest BCUT2D eigenvalue weighted by Gasteiger charge is -2.60. The third-order valence-electron chi connectivity index (χ3n) is 8.80. The van der Waals surface area contributed by atoms with Gasteiger partial charge in [0, 0.05) is 31.8 Å². The van der Waals surface area contributed by atoms with E-state index in [0.29, 0.717) is 31.3 Å². The quantitative estimate of drug-likeness (QED) is 0.687. The summed E-state index contributed by atoms with van der Waals surface area (Å²) in [5.41, 5.74) is 4.33. The fourth-order valence-corrected chi connectivity index (χ4v) is 6.88. The summed E-state index contributed by atoms with van der Waals surface area (Å²) in [6.45, 7) is 8.82. The van der Waals surface area contributed by atoms with Gasteiger partial charge < -0.3 is 20.1 Å². The Bertz CT molecular complexity index is 754. The number of hydrogen-bond donors (Lipinski definition) is 1. The van der Waals surface area contributed by atoms with E-state index < -0.39 is 16.8 Å². The highest BCUT2D eigenvalue weighted by molar-refractivity contribution is 5.84. The van der Waals surface area contributed by atoms with Gasteiger partial charge in [-0.1, -0.05) is 13.8 Å². The molecular formula is C22H34N2O6. The molecule has 2 amide bonds. The molecule has 6 aliphatic rings. The first kappa shape index (κ1) is 20.5. The molecule has 0 aromatic carbocycles. The van der Waals surface area contributed by atoms with Crippen LogP contribution in [0.4, 0.5) is 4.79 Å². The topological polar surface area (TPSA) is 100 Å². The molecule has 0 unspecified atom stereocenters. The molecule has 30 heavy (non-hydrogen) atoms. The number of amides is 2. The molecule has 168 valence electrons. The maximum absolute atomic E-state index is 12.8. The molecule has 6 rings (SSSR count). The summed E-state index contributed by atoms with van der Waals surface area (Å²) < 4.78 is 12.5. The van der Waals surface area contributed by atoms with Gasteiger partial charge in [0.25, 0.3) is 0 Å². The van der Waals surface area contributed by atoms with E-state index in [-0.39, 0.29) is 36.0 Å². The molecule has 0 radical (unpaired) electrons. The second-order valence-corrected chi connectivity index (χ2v) is 10.9. The number of primary amides is 1. The molecule has 2 bridgehead atoms. The van der Waals surface area contributed by atoms with E-state index in [4.69, 9.17) is 25.0 Å². The van der Waals surface area contributed by atoms with E-state index in [1.807, 2.05) is 6.92 Å². The number of hydrogen-bond acceptors (Lipinski definition) is 6. The van der Waals surface area contributed by atoms with Gasteiger partial charge in [-0.05, 0) is 50.9 Å². The number of nitrogens with zero attached hydrogens (tertiary/aromatic N) is 1. The largest absolute Gasteiger partial charge is 0.446 e. The Hall–Kier alpha value is -1.38. The number of carbonyl (C=O) groups excluding carboxylic acids is 2. The second kappa shape index (κ2) is 6.56. The van der Waals surface area contributed by atoms with Crippen molar-refractivity contribution in [1.29, 1.82) is 0 Å². The monoisotopic (exact) mass is 422 g/mol. The average molecular weight is 423 g/mol.